The van der Waals surface area contributed by atoms with Crippen molar-refractivity contribution in [1.29, 1.82) is 0 Å². The van der Waals surface area contributed by atoms with E-state index in [9.17, 15) is 0 Å². The molecule has 0 radical (unpaired) electrons. The molecule has 0 heterocycles. The minimum atomic E-state index is 0.234. The molecule has 1 aliphatic rings. The molecule has 0 aliphatic heterocycles. The predicted octanol–water partition coefficient (Wildman–Crippen LogP) is 2.93. The van der Waals surface area contributed by atoms with E-state index >= 15 is 0 Å². The van der Waals surface area contributed by atoms with Gasteiger partial charge in [-0.15, -0.1) is 11.8 Å². The van der Waals surface area contributed by atoms with Gasteiger partial charge in [-0.3, -0.25) is 0 Å². The lowest BCUT2D eigenvalue weighted by atomic mass is 10.3. The van der Waals surface area contributed by atoms with E-state index < -0.39 is 0 Å². The van der Waals surface area contributed by atoms with E-state index in [-0.39, 0.29) is 4.75 Å². The number of halogens is 1. The van der Waals surface area contributed by atoms with Crippen LogP contribution in [0.5, 0.6) is 5.75 Å². The van der Waals surface area contributed by atoms with Gasteiger partial charge in [0.1, 0.15) is 5.75 Å². The number of nitrogens with two attached hydrogens (primary N) is 1. The van der Waals surface area contributed by atoms with Crippen LogP contribution in [-0.4, -0.2) is 18.4 Å². The average Bonchev–Trinajstić information content (AvgIpc) is 2.99. The Labute approximate surface area is 99.1 Å². The van der Waals surface area contributed by atoms with Crippen molar-refractivity contribution in [3.05, 3.63) is 23.2 Å². The molecule has 2 N–H and O–H groups in total. The van der Waals surface area contributed by atoms with Gasteiger partial charge in [0.2, 0.25) is 0 Å². The van der Waals surface area contributed by atoms with Crippen LogP contribution < -0.4 is 10.5 Å². The molecule has 1 fully saturated rings. The Hall–Kier alpha value is -0.380. The molecule has 0 spiro atoms. The third-order valence-corrected chi connectivity index (χ3v) is 4.41. The Balaban J connectivity index is 2.22. The van der Waals surface area contributed by atoms with Gasteiger partial charge in [-0.25, -0.2) is 0 Å². The first-order valence-corrected chi connectivity index (χ1v) is 6.11. The lowest BCUT2D eigenvalue weighted by Gasteiger charge is -2.14. The van der Waals surface area contributed by atoms with Crippen molar-refractivity contribution >= 4 is 23.4 Å². The molecule has 0 aromatic heterocycles. The van der Waals surface area contributed by atoms with Crippen molar-refractivity contribution in [2.75, 3.05) is 13.7 Å². The van der Waals surface area contributed by atoms with Gasteiger partial charge < -0.3 is 10.5 Å². The first-order valence-electron chi connectivity index (χ1n) is 4.92. The second-order valence-corrected chi connectivity index (χ2v) is 5.73. The molecule has 0 bridgehead atoms. The van der Waals surface area contributed by atoms with Crippen molar-refractivity contribution in [2.45, 2.75) is 22.5 Å². The highest BCUT2D eigenvalue weighted by Crippen LogP contribution is 2.53. The van der Waals surface area contributed by atoms with E-state index in [2.05, 4.69) is 0 Å². The fraction of sp³-hybridized carbons (Fsp3) is 0.455. The van der Waals surface area contributed by atoms with Crippen molar-refractivity contribution < 1.29 is 4.74 Å². The molecule has 82 valence electrons. The predicted molar refractivity (Wildman–Crippen MR) is 64.9 cm³/mol. The second kappa shape index (κ2) is 4.24. The third-order valence-electron chi connectivity index (χ3n) is 2.63. The van der Waals surface area contributed by atoms with Gasteiger partial charge in [0, 0.05) is 16.3 Å². The highest BCUT2D eigenvalue weighted by atomic mass is 35.5. The van der Waals surface area contributed by atoms with E-state index in [0.717, 1.165) is 15.7 Å². The summed E-state index contributed by atoms with van der Waals surface area (Å²) >= 11 is 7.75. The Bertz CT molecular complexity index is 366. The van der Waals surface area contributed by atoms with Crippen molar-refractivity contribution in [3.8, 4) is 5.75 Å². The van der Waals surface area contributed by atoms with Crippen LogP contribution in [0.2, 0.25) is 5.02 Å². The SMILES string of the molecule is COc1ccc(Cl)cc1SC1(CN)CC1. The highest BCUT2D eigenvalue weighted by molar-refractivity contribution is 8.01. The van der Waals surface area contributed by atoms with Gasteiger partial charge in [0.25, 0.3) is 0 Å². The summed E-state index contributed by atoms with van der Waals surface area (Å²) in [7, 11) is 1.68. The van der Waals surface area contributed by atoms with Crippen LogP contribution in [0.1, 0.15) is 12.8 Å². The van der Waals surface area contributed by atoms with Gasteiger partial charge in [-0.1, -0.05) is 11.6 Å². The highest BCUT2D eigenvalue weighted by Gasteiger charge is 2.42. The van der Waals surface area contributed by atoms with Crippen LogP contribution in [0.15, 0.2) is 23.1 Å². The van der Waals surface area contributed by atoms with E-state index in [1.165, 1.54) is 12.8 Å². The molecule has 1 aromatic rings. The first kappa shape index (κ1) is 11.1. The van der Waals surface area contributed by atoms with Crippen LogP contribution >= 0.6 is 23.4 Å². The molecule has 1 aliphatic carbocycles. The van der Waals surface area contributed by atoms with Gasteiger partial charge in [0.15, 0.2) is 0 Å². The number of methoxy groups -OCH3 is 1. The Morgan fingerprint density at radius 1 is 1.53 bits per heavy atom. The van der Waals surface area contributed by atoms with Crippen LogP contribution in [0.3, 0.4) is 0 Å². The standard InChI is InChI=1S/C11H14ClNOS/c1-14-9-3-2-8(12)6-10(9)15-11(7-13)4-5-11/h2-3,6H,4-5,7,13H2,1H3. The van der Waals surface area contributed by atoms with Crippen LogP contribution in [-0.2, 0) is 0 Å². The number of benzene rings is 1. The van der Waals surface area contributed by atoms with Crippen molar-refractivity contribution in [3.63, 3.8) is 0 Å². The number of thioether (sulfide) groups is 1. The Morgan fingerprint density at radius 2 is 2.27 bits per heavy atom. The van der Waals surface area contributed by atoms with Crippen molar-refractivity contribution in [2.24, 2.45) is 5.73 Å². The monoisotopic (exact) mass is 243 g/mol. The zero-order valence-electron chi connectivity index (χ0n) is 8.63. The largest absolute Gasteiger partial charge is 0.496 e. The molecule has 1 aromatic carbocycles. The normalized spacial score (nSPS) is 17.5. The van der Waals surface area contributed by atoms with E-state index in [1.54, 1.807) is 18.9 Å². The molecule has 15 heavy (non-hydrogen) atoms. The van der Waals surface area contributed by atoms with Gasteiger partial charge in [-0.05, 0) is 31.0 Å². The summed E-state index contributed by atoms with van der Waals surface area (Å²) in [4.78, 5) is 1.09. The number of hydrogen-bond donors (Lipinski definition) is 1. The summed E-state index contributed by atoms with van der Waals surface area (Å²) in [6.07, 6.45) is 2.37. The average molecular weight is 244 g/mol. The van der Waals surface area contributed by atoms with Gasteiger partial charge in [0.05, 0.1) is 12.0 Å². The quantitative estimate of drug-likeness (QED) is 0.883. The number of ether oxygens (including phenoxy) is 1. The summed E-state index contributed by atoms with van der Waals surface area (Å²) in [5.41, 5.74) is 5.75. The van der Waals surface area contributed by atoms with E-state index in [4.69, 9.17) is 22.1 Å². The smallest absolute Gasteiger partial charge is 0.132 e. The second-order valence-electron chi connectivity index (χ2n) is 3.78. The minimum absolute atomic E-state index is 0.234. The molecular weight excluding hydrogens is 230 g/mol. The number of hydrogen-bond acceptors (Lipinski definition) is 3. The molecule has 0 amide bonds. The zero-order chi connectivity index (χ0) is 10.9. The maximum Gasteiger partial charge on any atom is 0.132 e. The van der Waals surface area contributed by atoms with Crippen LogP contribution in [0, 0.1) is 0 Å². The first-order chi connectivity index (χ1) is 7.19. The molecule has 4 heteroatoms. The Kier molecular flexibility index (Phi) is 3.14. The fourth-order valence-electron chi connectivity index (χ4n) is 1.45. The summed E-state index contributed by atoms with van der Waals surface area (Å²) in [5.74, 6) is 0.879. The maximum absolute atomic E-state index is 5.97. The molecule has 0 unspecified atom stereocenters. The summed E-state index contributed by atoms with van der Waals surface area (Å²) in [5, 5.41) is 0.742. The molecule has 0 saturated heterocycles. The van der Waals surface area contributed by atoms with E-state index in [0.29, 0.717) is 6.54 Å². The molecule has 2 rings (SSSR count). The molecule has 1 saturated carbocycles. The lowest BCUT2D eigenvalue weighted by molar-refractivity contribution is 0.404. The van der Waals surface area contributed by atoms with Crippen LogP contribution in [0.25, 0.3) is 0 Å². The van der Waals surface area contributed by atoms with Gasteiger partial charge in [-0.2, -0.15) is 0 Å². The Morgan fingerprint density at radius 3 is 2.80 bits per heavy atom. The van der Waals surface area contributed by atoms with Crippen LogP contribution in [0.4, 0.5) is 0 Å². The van der Waals surface area contributed by atoms with E-state index in [1.807, 2.05) is 18.2 Å². The maximum atomic E-state index is 5.97. The number of rotatable bonds is 4. The van der Waals surface area contributed by atoms with Gasteiger partial charge >= 0.3 is 0 Å². The lowest BCUT2D eigenvalue weighted by Crippen LogP contribution is -2.17. The molecular formula is C11H14ClNOS. The topological polar surface area (TPSA) is 35.2 Å². The summed E-state index contributed by atoms with van der Waals surface area (Å²) in [6.45, 7) is 0.716. The fourth-order valence-corrected chi connectivity index (χ4v) is 2.98. The summed E-state index contributed by atoms with van der Waals surface area (Å²) in [6, 6.07) is 5.69. The van der Waals surface area contributed by atoms with Crippen molar-refractivity contribution in [1.82, 2.24) is 0 Å². The molecule has 2 nitrogen and oxygen atoms in total. The third kappa shape index (κ3) is 2.41. The molecule has 0 atom stereocenters. The minimum Gasteiger partial charge on any atom is -0.496 e. The summed E-state index contributed by atoms with van der Waals surface area (Å²) < 4.78 is 5.53. The zero-order valence-corrected chi connectivity index (χ0v) is 10.2.